The van der Waals surface area contributed by atoms with Crippen LogP contribution in [0.1, 0.15) is 19.3 Å². The Balaban J connectivity index is 2.44. The first kappa shape index (κ1) is 13.7. The molecule has 2 aliphatic heterocycles. The number of carbonyl (C=O) groups excluding carboxylic acids is 3. The molecule has 106 valence electrons. The Bertz CT molecular complexity index is 433. The number of hydrogen-bond donors (Lipinski definition) is 3. The molecular formula is C10H12O9. The SMILES string of the molecule is O=C1CC2(O)CC(=O)OC(O)(OC2=O)C(CCO)O1. The first-order chi connectivity index (χ1) is 8.79. The summed E-state index contributed by atoms with van der Waals surface area (Å²) in [5.74, 6) is -6.36. The van der Waals surface area contributed by atoms with Crippen molar-refractivity contribution < 1.29 is 43.9 Å². The summed E-state index contributed by atoms with van der Waals surface area (Å²) in [5.41, 5.74) is -2.43. The van der Waals surface area contributed by atoms with Crippen LogP contribution in [-0.4, -0.2) is 57.5 Å². The molecule has 2 fully saturated rings. The van der Waals surface area contributed by atoms with E-state index < -0.39 is 55.0 Å². The van der Waals surface area contributed by atoms with E-state index in [1.54, 1.807) is 0 Å². The third-order valence-electron chi connectivity index (χ3n) is 2.82. The van der Waals surface area contributed by atoms with Gasteiger partial charge in [-0.05, 0) is 0 Å². The number of fused-ring (bicyclic) bond motifs is 3. The highest BCUT2D eigenvalue weighted by atomic mass is 16.9. The van der Waals surface area contributed by atoms with Crippen LogP contribution in [0.5, 0.6) is 0 Å². The molecule has 3 unspecified atom stereocenters. The van der Waals surface area contributed by atoms with E-state index in [1.807, 2.05) is 0 Å². The van der Waals surface area contributed by atoms with Crippen LogP contribution in [0.3, 0.4) is 0 Å². The molecule has 0 aromatic heterocycles. The molecule has 0 spiro atoms. The maximum atomic E-state index is 11.7. The number of aliphatic hydroxyl groups excluding tert-OH is 1. The molecule has 0 aliphatic carbocycles. The van der Waals surface area contributed by atoms with Gasteiger partial charge in [-0.1, -0.05) is 0 Å². The molecular weight excluding hydrogens is 264 g/mol. The average Bonchev–Trinajstić information content (AvgIpc) is 2.31. The van der Waals surface area contributed by atoms with Crippen molar-refractivity contribution in [2.75, 3.05) is 6.61 Å². The molecule has 19 heavy (non-hydrogen) atoms. The lowest BCUT2D eigenvalue weighted by Gasteiger charge is -2.34. The van der Waals surface area contributed by atoms with Gasteiger partial charge in [0.1, 0.15) is 0 Å². The number of carbonyl (C=O) groups is 3. The van der Waals surface area contributed by atoms with E-state index in [9.17, 15) is 24.6 Å². The van der Waals surface area contributed by atoms with Crippen molar-refractivity contribution in [1.82, 2.24) is 0 Å². The van der Waals surface area contributed by atoms with Gasteiger partial charge in [-0.15, -0.1) is 0 Å². The number of rotatable bonds is 2. The number of cyclic esters (lactones) is 1. The molecule has 3 atom stereocenters. The molecule has 2 bridgehead atoms. The van der Waals surface area contributed by atoms with Gasteiger partial charge < -0.3 is 29.5 Å². The zero-order valence-electron chi connectivity index (χ0n) is 9.70. The molecule has 0 saturated carbocycles. The van der Waals surface area contributed by atoms with Crippen LogP contribution in [0.15, 0.2) is 0 Å². The Morgan fingerprint density at radius 2 is 1.74 bits per heavy atom. The molecule has 0 radical (unpaired) electrons. The van der Waals surface area contributed by atoms with Gasteiger partial charge >= 0.3 is 23.9 Å². The van der Waals surface area contributed by atoms with Crippen LogP contribution < -0.4 is 0 Å². The Hall–Kier alpha value is -1.71. The largest absolute Gasteiger partial charge is 0.451 e. The fourth-order valence-electron chi connectivity index (χ4n) is 1.90. The van der Waals surface area contributed by atoms with Gasteiger partial charge in [-0.2, -0.15) is 0 Å². The first-order valence-corrected chi connectivity index (χ1v) is 5.49. The molecule has 9 heteroatoms. The van der Waals surface area contributed by atoms with Crippen molar-refractivity contribution in [2.24, 2.45) is 0 Å². The molecule has 2 heterocycles. The van der Waals surface area contributed by atoms with Crippen LogP contribution in [0.4, 0.5) is 0 Å². The van der Waals surface area contributed by atoms with Crippen molar-refractivity contribution >= 4 is 17.9 Å². The Kier molecular flexibility index (Phi) is 3.20. The lowest BCUT2D eigenvalue weighted by molar-refractivity contribution is -0.363. The fraction of sp³-hybridized carbons (Fsp3) is 0.700. The minimum atomic E-state index is -2.85. The summed E-state index contributed by atoms with van der Waals surface area (Å²) in [6.45, 7) is -0.514. The predicted octanol–water partition coefficient (Wildman–Crippen LogP) is -2.45. The molecule has 9 nitrogen and oxygen atoms in total. The van der Waals surface area contributed by atoms with Crippen molar-refractivity contribution in [3.8, 4) is 0 Å². The maximum absolute atomic E-state index is 11.7. The quantitative estimate of drug-likeness (QED) is 0.469. The lowest BCUT2D eigenvalue weighted by Crippen LogP contribution is -2.55. The number of hydrogen-bond acceptors (Lipinski definition) is 9. The van der Waals surface area contributed by atoms with E-state index in [0.717, 1.165) is 0 Å². The number of ether oxygens (including phenoxy) is 3. The summed E-state index contributed by atoms with van der Waals surface area (Å²) in [6, 6.07) is 0. The zero-order valence-corrected chi connectivity index (χ0v) is 9.70. The molecule has 0 aromatic carbocycles. The second-order valence-electron chi connectivity index (χ2n) is 4.37. The Labute approximate surface area is 106 Å². The van der Waals surface area contributed by atoms with E-state index >= 15 is 0 Å². The summed E-state index contributed by atoms with van der Waals surface area (Å²) in [7, 11) is 0. The topological polar surface area (TPSA) is 140 Å². The van der Waals surface area contributed by atoms with E-state index in [-0.39, 0.29) is 6.42 Å². The summed E-state index contributed by atoms with van der Waals surface area (Å²) in [6.07, 6.45) is -3.53. The molecule has 2 aliphatic rings. The second kappa shape index (κ2) is 4.44. The van der Waals surface area contributed by atoms with Crippen molar-refractivity contribution in [3.63, 3.8) is 0 Å². The van der Waals surface area contributed by atoms with Gasteiger partial charge in [0, 0.05) is 13.0 Å². The van der Waals surface area contributed by atoms with Crippen molar-refractivity contribution in [3.05, 3.63) is 0 Å². The molecule has 2 saturated heterocycles. The van der Waals surface area contributed by atoms with Crippen molar-refractivity contribution in [2.45, 2.75) is 36.9 Å². The summed E-state index contributed by atoms with van der Waals surface area (Å²) in [5, 5.41) is 28.7. The van der Waals surface area contributed by atoms with E-state index in [1.165, 1.54) is 0 Å². The first-order valence-electron chi connectivity index (χ1n) is 5.49. The monoisotopic (exact) mass is 276 g/mol. The van der Waals surface area contributed by atoms with Crippen LogP contribution in [0, 0.1) is 0 Å². The lowest BCUT2D eigenvalue weighted by atomic mass is 9.95. The summed E-state index contributed by atoms with van der Waals surface area (Å²) >= 11 is 0. The van der Waals surface area contributed by atoms with Crippen LogP contribution in [0.25, 0.3) is 0 Å². The van der Waals surface area contributed by atoms with Gasteiger partial charge in [0.15, 0.2) is 5.60 Å². The third kappa shape index (κ3) is 2.39. The summed E-state index contributed by atoms with van der Waals surface area (Å²) < 4.78 is 13.8. The predicted molar refractivity (Wildman–Crippen MR) is 52.9 cm³/mol. The minimum Gasteiger partial charge on any atom is -0.451 e. The van der Waals surface area contributed by atoms with Gasteiger partial charge in [0.05, 0.1) is 12.8 Å². The average molecular weight is 276 g/mol. The second-order valence-corrected chi connectivity index (χ2v) is 4.37. The van der Waals surface area contributed by atoms with Crippen LogP contribution >= 0.6 is 0 Å². The maximum Gasteiger partial charge on any atom is 0.413 e. The van der Waals surface area contributed by atoms with Crippen molar-refractivity contribution in [1.29, 1.82) is 0 Å². The van der Waals surface area contributed by atoms with Gasteiger partial charge in [-0.3, -0.25) is 9.59 Å². The van der Waals surface area contributed by atoms with Crippen LogP contribution in [-0.2, 0) is 28.6 Å². The molecule has 0 aromatic rings. The zero-order chi connectivity index (χ0) is 14.3. The highest BCUT2D eigenvalue weighted by Gasteiger charge is 2.58. The highest BCUT2D eigenvalue weighted by Crippen LogP contribution is 2.34. The molecule has 2 rings (SSSR count). The molecule has 3 N–H and O–H groups in total. The standard InChI is InChI=1S/C10H12O9/c11-2-1-5-10(16)18-7(13)4-9(15,8(14)19-10)3-6(12)17-5/h5,11,15-16H,1-4H2. The minimum absolute atomic E-state index is 0.318. The fourth-order valence-corrected chi connectivity index (χ4v) is 1.90. The van der Waals surface area contributed by atoms with Gasteiger partial charge in [0.25, 0.3) is 0 Å². The Morgan fingerprint density at radius 3 is 2.37 bits per heavy atom. The third-order valence-corrected chi connectivity index (χ3v) is 2.82. The number of esters is 3. The van der Waals surface area contributed by atoms with Gasteiger partial charge in [0.2, 0.25) is 6.10 Å². The van der Waals surface area contributed by atoms with E-state index in [2.05, 4.69) is 9.47 Å². The summed E-state index contributed by atoms with van der Waals surface area (Å²) in [4.78, 5) is 34.7. The Morgan fingerprint density at radius 1 is 1.11 bits per heavy atom. The number of aliphatic hydroxyl groups is 3. The highest BCUT2D eigenvalue weighted by molar-refractivity contribution is 5.91. The van der Waals surface area contributed by atoms with E-state index in [4.69, 9.17) is 9.84 Å². The normalized spacial score (nSPS) is 38.7. The van der Waals surface area contributed by atoms with E-state index in [0.29, 0.717) is 0 Å². The van der Waals surface area contributed by atoms with Crippen LogP contribution in [0.2, 0.25) is 0 Å². The molecule has 0 amide bonds. The van der Waals surface area contributed by atoms with Gasteiger partial charge in [-0.25, -0.2) is 4.79 Å². The smallest absolute Gasteiger partial charge is 0.413 e.